The van der Waals surface area contributed by atoms with Crippen molar-refractivity contribution in [2.45, 2.75) is 19.1 Å². The van der Waals surface area contributed by atoms with Crippen molar-refractivity contribution < 1.29 is 20.1 Å². The number of carbonyl (C=O) groups is 1. The highest BCUT2D eigenvalue weighted by molar-refractivity contribution is 9.11. The summed E-state index contributed by atoms with van der Waals surface area (Å²) in [4.78, 5) is 11.4. The molecule has 0 bridgehead atoms. The quantitative estimate of drug-likeness (QED) is 0.520. The van der Waals surface area contributed by atoms with Gasteiger partial charge in [0.2, 0.25) is 0 Å². The normalized spacial score (nSPS) is 19.2. The summed E-state index contributed by atoms with van der Waals surface area (Å²) in [5.41, 5.74) is 0. The minimum absolute atomic E-state index is 0.0167. The predicted molar refractivity (Wildman–Crippen MR) is 59.4 cm³/mol. The van der Waals surface area contributed by atoms with Gasteiger partial charge in [-0.25, -0.2) is 0 Å². The second kappa shape index (κ2) is 4.80. The Morgan fingerprint density at radius 1 is 1.64 bits per heavy atom. The molecule has 0 saturated heterocycles. The lowest BCUT2D eigenvalue weighted by molar-refractivity contribution is -0.202. The Morgan fingerprint density at radius 2 is 2.29 bits per heavy atom. The molecule has 0 spiro atoms. The molecule has 0 aromatic rings. The maximum Gasteiger partial charge on any atom is 0.317 e. The van der Waals surface area contributed by atoms with Gasteiger partial charge in [0, 0.05) is 4.91 Å². The summed E-state index contributed by atoms with van der Waals surface area (Å²) < 4.78 is 0. The fourth-order valence-electron chi connectivity index (χ4n) is 1.01. The van der Waals surface area contributed by atoms with E-state index in [9.17, 15) is 15.0 Å². The first kappa shape index (κ1) is 12.3. The zero-order chi connectivity index (χ0) is 10.8. The SMILES string of the molecule is CCC(O)(O)C(C(=O)O)C1=CSSS1. The minimum Gasteiger partial charge on any atom is -0.481 e. The first-order valence-corrected chi connectivity index (χ1v) is 7.41. The number of hydrogen-bond donors (Lipinski definition) is 3. The van der Waals surface area contributed by atoms with E-state index in [2.05, 4.69) is 0 Å². The molecule has 7 heteroatoms. The van der Waals surface area contributed by atoms with E-state index in [1.165, 1.54) is 38.3 Å². The van der Waals surface area contributed by atoms with Crippen LogP contribution in [-0.4, -0.2) is 27.1 Å². The van der Waals surface area contributed by atoms with Crippen LogP contribution in [0.1, 0.15) is 13.3 Å². The average Bonchev–Trinajstić information content (AvgIpc) is 2.56. The van der Waals surface area contributed by atoms with Gasteiger partial charge in [0.05, 0.1) is 0 Å². The third-order valence-electron chi connectivity index (χ3n) is 1.85. The van der Waals surface area contributed by atoms with E-state index in [1.807, 2.05) is 0 Å². The van der Waals surface area contributed by atoms with Gasteiger partial charge in [-0.3, -0.25) is 4.79 Å². The lowest BCUT2D eigenvalue weighted by Gasteiger charge is -2.27. The largest absolute Gasteiger partial charge is 0.481 e. The van der Waals surface area contributed by atoms with E-state index in [4.69, 9.17) is 5.11 Å². The summed E-state index contributed by atoms with van der Waals surface area (Å²) in [6.45, 7) is 1.54. The van der Waals surface area contributed by atoms with Gasteiger partial charge in [-0.05, 0) is 32.4 Å². The maximum atomic E-state index is 10.9. The molecule has 0 aliphatic carbocycles. The molecule has 1 atom stereocenters. The smallest absolute Gasteiger partial charge is 0.317 e. The van der Waals surface area contributed by atoms with Gasteiger partial charge >= 0.3 is 5.97 Å². The topological polar surface area (TPSA) is 77.8 Å². The van der Waals surface area contributed by atoms with Crippen LogP contribution in [-0.2, 0) is 4.79 Å². The number of hydrogen-bond acceptors (Lipinski definition) is 6. The summed E-state index contributed by atoms with van der Waals surface area (Å²) in [5, 5.41) is 29.6. The molecule has 0 saturated carbocycles. The Kier molecular flexibility index (Phi) is 4.20. The van der Waals surface area contributed by atoms with Crippen LogP contribution >= 0.6 is 31.4 Å². The zero-order valence-corrected chi connectivity index (χ0v) is 9.79. The third-order valence-corrected chi connectivity index (χ3v) is 5.67. The highest BCUT2D eigenvalue weighted by Gasteiger charge is 2.42. The number of aliphatic carboxylic acids is 1. The van der Waals surface area contributed by atoms with Crippen LogP contribution in [0.3, 0.4) is 0 Å². The Morgan fingerprint density at radius 3 is 2.64 bits per heavy atom. The van der Waals surface area contributed by atoms with Crippen LogP contribution in [0.5, 0.6) is 0 Å². The monoisotopic (exact) mass is 254 g/mol. The lowest BCUT2D eigenvalue weighted by atomic mass is 9.96. The summed E-state index contributed by atoms with van der Waals surface area (Å²) in [7, 11) is 4.06. The van der Waals surface area contributed by atoms with Crippen LogP contribution in [0.4, 0.5) is 0 Å². The highest BCUT2D eigenvalue weighted by Crippen LogP contribution is 2.53. The van der Waals surface area contributed by atoms with Crippen LogP contribution in [0, 0.1) is 5.92 Å². The van der Waals surface area contributed by atoms with Gasteiger partial charge in [-0.2, -0.15) is 0 Å². The lowest BCUT2D eigenvalue weighted by Crippen LogP contribution is -2.42. The molecule has 1 unspecified atom stereocenters. The van der Waals surface area contributed by atoms with Crippen LogP contribution in [0.25, 0.3) is 0 Å². The molecule has 3 N–H and O–H groups in total. The van der Waals surface area contributed by atoms with Gasteiger partial charge in [0.25, 0.3) is 0 Å². The van der Waals surface area contributed by atoms with Gasteiger partial charge in [-0.15, -0.1) is 0 Å². The van der Waals surface area contributed by atoms with Gasteiger partial charge in [0.1, 0.15) is 5.92 Å². The summed E-state index contributed by atoms with van der Waals surface area (Å²) in [6, 6.07) is 0. The van der Waals surface area contributed by atoms with Crippen molar-refractivity contribution >= 4 is 37.4 Å². The molecule has 0 amide bonds. The number of carboxylic acids is 1. The average molecular weight is 254 g/mol. The molecule has 0 fully saturated rings. The first-order chi connectivity index (χ1) is 6.49. The number of rotatable bonds is 4. The molecule has 80 valence electrons. The molecule has 14 heavy (non-hydrogen) atoms. The first-order valence-electron chi connectivity index (χ1n) is 3.86. The van der Waals surface area contributed by atoms with E-state index in [0.717, 1.165) is 0 Å². The third kappa shape index (κ3) is 2.60. The van der Waals surface area contributed by atoms with Crippen molar-refractivity contribution in [3.8, 4) is 0 Å². The Bertz CT molecular complexity index is 264. The molecule has 4 nitrogen and oxygen atoms in total. The molecule has 1 heterocycles. The Labute approximate surface area is 92.9 Å². The van der Waals surface area contributed by atoms with Crippen molar-refractivity contribution in [2.75, 3.05) is 0 Å². The van der Waals surface area contributed by atoms with Gasteiger partial charge in [-0.1, -0.05) is 17.7 Å². The summed E-state index contributed by atoms with van der Waals surface area (Å²) in [6.07, 6.45) is -0.0167. The second-order valence-electron chi connectivity index (χ2n) is 2.77. The molecule has 1 aliphatic rings. The zero-order valence-electron chi connectivity index (χ0n) is 7.34. The molecule has 0 radical (unpaired) electrons. The fraction of sp³-hybridized carbons (Fsp3) is 0.571. The van der Waals surface area contributed by atoms with Crippen LogP contribution < -0.4 is 0 Å². The van der Waals surface area contributed by atoms with Crippen molar-refractivity contribution in [3.63, 3.8) is 0 Å². The predicted octanol–water partition coefficient (Wildman–Crippen LogP) is 1.66. The van der Waals surface area contributed by atoms with E-state index < -0.39 is 17.7 Å². The number of carboxylic acid groups (broad SMARTS) is 1. The Hall–Kier alpha value is 0.180. The van der Waals surface area contributed by atoms with E-state index in [1.54, 1.807) is 5.41 Å². The minimum atomic E-state index is -2.17. The van der Waals surface area contributed by atoms with Crippen molar-refractivity contribution in [3.05, 3.63) is 10.3 Å². The summed E-state index contributed by atoms with van der Waals surface area (Å²) >= 11 is 0. The van der Waals surface area contributed by atoms with E-state index >= 15 is 0 Å². The molecular formula is C7H10O4S3. The highest BCUT2D eigenvalue weighted by atomic mass is 33.5. The fourth-order valence-corrected chi connectivity index (χ4v) is 5.11. The molecular weight excluding hydrogens is 244 g/mol. The molecule has 1 rings (SSSR count). The van der Waals surface area contributed by atoms with Crippen molar-refractivity contribution in [2.24, 2.45) is 5.92 Å². The molecule has 0 aromatic carbocycles. The molecule has 0 aromatic heterocycles. The van der Waals surface area contributed by atoms with Gasteiger partial charge < -0.3 is 15.3 Å². The maximum absolute atomic E-state index is 10.9. The Balaban J connectivity index is 2.89. The standard InChI is InChI=1S/C7H10O4S3/c1-2-7(10,11)5(6(8)9)4-3-12-14-13-4/h3,5,10-11H,2H2,1H3,(H,8,9). The van der Waals surface area contributed by atoms with Crippen molar-refractivity contribution in [1.82, 2.24) is 0 Å². The number of aliphatic hydroxyl groups is 2. The second-order valence-corrected chi connectivity index (χ2v) is 6.68. The van der Waals surface area contributed by atoms with E-state index in [-0.39, 0.29) is 6.42 Å². The molecule has 1 aliphatic heterocycles. The van der Waals surface area contributed by atoms with Gasteiger partial charge in [0.15, 0.2) is 5.79 Å². The van der Waals surface area contributed by atoms with Crippen LogP contribution in [0.15, 0.2) is 10.3 Å². The van der Waals surface area contributed by atoms with Crippen LogP contribution in [0.2, 0.25) is 0 Å². The summed E-state index contributed by atoms with van der Waals surface area (Å²) in [5.74, 6) is -4.63. The van der Waals surface area contributed by atoms with Crippen molar-refractivity contribution in [1.29, 1.82) is 0 Å². The van der Waals surface area contributed by atoms with E-state index in [0.29, 0.717) is 4.91 Å².